The van der Waals surface area contributed by atoms with Crippen LogP contribution in [0, 0.1) is 35.4 Å². The molecular weight excluding hydrogens is 473 g/mol. The zero-order valence-electron chi connectivity index (χ0n) is 21.0. The lowest BCUT2D eigenvalue weighted by atomic mass is 9.56. The van der Waals surface area contributed by atoms with Gasteiger partial charge in [-0.15, -0.1) is 0 Å². The lowest BCUT2D eigenvalue weighted by Gasteiger charge is -2.48. The molecule has 2 aliphatic carbocycles. The zero-order valence-corrected chi connectivity index (χ0v) is 21.0. The second kappa shape index (κ2) is 11.0. The lowest BCUT2D eigenvalue weighted by Crippen LogP contribution is -2.49. The molecule has 2 saturated carbocycles. The van der Waals surface area contributed by atoms with Crippen molar-refractivity contribution in [3.8, 4) is 11.1 Å². The van der Waals surface area contributed by atoms with E-state index >= 15 is 0 Å². The summed E-state index contributed by atoms with van der Waals surface area (Å²) in [6.45, 7) is 2.04. The van der Waals surface area contributed by atoms with Gasteiger partial charge in [0.15, 0.2) is 0 Å². The number of fused-ring (bicyclic) bond motifs is 2. The standard InChI is InChI=1S/C29H34FN3O4/c1-2-37-29(36)32-22-9-10-23-19(13-22)14-25-27(26(16-34)33-28(25)35)24(23)11-8-21-7-6-18(15-31-21)17-4-3-5-20(30)12-17/h3-8,11-12,15,19,22-27,34H,2,9-10,13-14,16H2,1H3,(H,32,36)(H,33,35)/b11-8+/t19-,22-,23+,24-,25+,26+,27-/m0/s1. The van der Waals surface area contributed by atoms with Gasteiger partial charge in [-0.25, -0.2) is 9.18 Å². The van der Waals surface area contributed by atoms with Gasteiger partial charge in [0, 0.05) is 23.7 Å². The average molecular weight is 508 g/mol. The van der Waals surface area contributed by atoms with Crippen molar-refractivity contribution in [1.82, 2.24) is 15.6 Å². The van der Waals surface area contributed by atoms with Crippen molar-refractivity contribution in [1.29, 1.82) is 0 Å². The van der Waals surface area contributed by atoms with Crippen LogP contribution in [0.5, 0.6) is 0 Å². The van der Waals surface area contributed by atoms with Gasteiger partial charge in [0.2, 0.25) is 5.91 Å². The van der Waals surface area contributed by atoms with Gasteiger partial charge in [0.05, 0.1) is 24.9 Å². The van der Waals surface area contributed by atoms with Crippen molar-refractivity contribution in [2.45, 2.75) is 44.7 Å². The van der Waals surface area contributed by atoms with E-state index < -0.39 is 0 Å². The highest BCUT2D eigenvalue weighted by Gasteiger charge is 2.54. The zero-order chi connectivity index (χ0) is 25.9. The molecule has 1 aliphatic heterocycles. The molecule has 3 fully saturated rings. The highest BCUT2D eigenvalue weighted by Crippen LogP contribution is 2.52. The number of benzene rings is 1. The minimum Gasteiger partial charge on any atom is -0.450 e. The second-order valence-corrected chi connectivity index (χ2v) is 10.4. The SMILES string of the molecule is CCOC(=O)N[C@H]1CC[C@@H]2[C@@H](C1)C[C@H]1C(=O)N[C@H](CO)[C@H]1[C@H]2/C=C/c1ccc(-c2cccc(F)c2)cn1. The number of aromatic nitrogens is 1. The number of allylic oxidation sites excluding steroid dienone is 1. The van der Waals surface area contributed by atoms with Crippen LogP contribution in [0.1, 0.15) is 38.3 Å². The quantitative estimate of drug-likeness (QED) is 0.545. The van der Waals surface area contributed by atoms with Gasteiger partial charge in [-0.05, 0) is 86.1 Å². The van der Waals surface area contributed by atoms with Crippen molar-refractivity contribution < 1.29 is 23.8 Å². The van der Waals surface area contributed by atoms with Crippen LogP contribution >= 0.6 is 0 Å². The maximum absolute atomic E-state index is 13.6. The van der Waals surface area contributed by atoms with Crippen LogP contribution in [0.15, 0.2) is 48.7 Å². The third-order valence-electron chi connectivity index (χ3n) is 8.36. The van der Waals surface area contributed by atoms with Crippen molar-refractivity contribution in [3.63, 3.8) is 0 Å². The third-order valence-corrected chi connectivity index (χ3v) is 8.36. The monoisotopic (exact) mass is 507 g/mol. The van der Waals surface area contributed by atoms with E-state index in [1.165, 1.54) is 12.1 Å². The largest absolute Gasteiger partial charge is 0.450 e. The number of halogens is 1. The predicted molar refractivity (Wildman–Crippen MR) is 138 cm³/mol. The maximum Gasteiger partial charge on any atom is 0.407 e. The highest BCUT2D eigenvalue weighted by atomic mass is 19.1. The molecule has 1 aromatic heterocycles. The van der Waals surface area contributed by atoms with Gasteiger partial charge in [0.25, 0.3) is 0 Å². The smallest absolute Gasteiger partial charge is 0.407 e. The van der Waals surface area contributed by atoms with Crippen LogP contribution in [0.2, 0.25) is 0 Å². The Morgan fingerprint density at radius 2 is 2.11 bits per heavy atom. The summed E-state index contributed by atoms with van der Waals surface area (Å²) in [5.74, 6) is 0.350. The fraction of sp³-hybridized carbons (Fsp3) is 0.483. The number of nitrogens with zero attached hydrogens (tertiary/aromatic N) is 1. The number of rotatable bonds is 6. The molecule has 7 nitrogen and oxygen atoms in total. The molecule has 7 atom stereocenters. The molecule has 0 spiro atoms. The van der Waals surface area contributed by atoms with E-state index in [0.717, 1.165) is 42.5 Å². The highest BCUT2D eigenvalue weighted by molar-refractivity contribution is 5.82. The first-order valence-electron chi connectivity index (χ1n) is 13.2. The molecule has 37 heavy (non-hydrogen) atoms. The van der Waals surface area contributed by atoms with Crippen LogP contribution in [0.4, 0.5) is 9.18 Å². The van der Waals surface area contributed by atoms with Gasteiger partial charge in [0.1, 0.15) is 5.82 Å². The summed E-state index contributed by atoms with van der Waals surface area (Å²) in [7, 11) is 0. The van der Waals surface area contributed by atoms with Crippen LogP contribution in [-0.4, -0.2) is 47.4 Å². The average Bonchev–Trinajstić information content (AvgIpc) is 3.22. The number of hydrogen-bond acceptors (Lipinski definition) is 5. The molecule has 2 aromatic rings. The number of nitrogens with one attached hydrogen (secondary N) is 2. The van der Waals surface area contributed by atoms with Gasteiger partial charge < -0.3 is 20.5 Å². The molecule has 0 radical (unpaired) electrons. The van der Waals surface area contributed by atoms with Gasteiger partial charge in [-0.3, -0.25) is 9.78 Å². The Bertz CT molecular complexity index is 1150. The van der Waals surface area contributed by atoms with Crippen molar-refractivity contribution in [3.05, 3.63) is 60.2 Å². The first-order valence-corrected chi connectivity index (χ1v) is 13.2. The fourth-order valence-corrected chi connectivity index (χ4v) is 6.78. The number of alkyl carbamates (subject to hydrolysis) is 1. The number of carbonyl (C=O) groups excluding carboxylic acids is 2. The Morgan fingerprint density at radius 1 is 1.24 bits per heavy atom. The molecule has 2 amide bonds. The van der Waals surface area contributed by atoms with Gasteiger partial charge in [-0.2, -0.15) is 0 Å². The molecule has 3 N–H and O–H groups in total. The Balaban J connectivity index is 1.36. The Kier molecular flexibility index (Phi) is 7.55. The number of hydrogen-bond donors (Lipinski definition) is 3. The summed E-state index contributed by atoms with van der Waals surface area (Å²) in [5.41, 5.74) is 2.40. The number of aliphatic hydroxyl groups excluding tert-OH is 1. The summed E-state index contributed by atoms with van der Waals surface area (Å²) in [6.07, 6.45) is 8.89. The lowest BCUT2D eigenvalue weighted by molar-refractivity contribution is -0.125. The molecule has 8 heteroatoms. The molecule has 1 saturated heterocycles. The van der Waals surface area contributed by atoms with Crippen LogP contribution in [-0.2, 0) is 9.53 Å². The van der Waals surface area contributed by atoms with E-state index in [1.54, 1.807) is 19.2 Å². The number of aliphatic hydroxyl groups is 1. The number of ether oxygens (including phenoxy) is 1. The second-order valence-electron chi connectivity index (χ2n) is 10.4. The first-order chi connectivity index (χ1) is 18.0. The fourth-order valence-electron chi connectivity index (χ4n) is 6.78. The molecule has 1 aromatic carbocycles. The minimum absolute atomic E-state index is 0.0129. The minimum atomic E-state index is -0.386. The molecule has 2 heterocycles. The van der Waals surface area contributed by atoms with E-state index in [-0.39, 0.29) is 54.3 Å². The first kappa shape index (κ1) is 25.4. The summed E-state index contributed by atoms with van der Waals surface area (Å²) in [4.78, 5) is 29.4. The molecule has 196 valence electrons. The van der Waals surface area contributed by atoms with Crippen LogP contribution < -0.4 is 10.6 Å². The van der Waals surface area contributed by atoms with Gasteiger partial charge >= 0.3 is 6.09 Å². The summed E-state index contributed by atoms with van der Waals surface area (Å²) < 4.78 is 18.7. The van der Waals surface area contributed by atoms with Gasteiger partial charge in [-0.1, -0.05) is 24.3 Å². The topological polar surface area (TPSA) is 101 Å². The molecule has 0 bridgehead atoms. The van der Waals surface area contributed by atoms with Crippen LogP contribution in [0.3, 0.4) is 0 Å². The van der Waals surface area contributed by atoms with E-state index in [9.17, 15) is 19.1 Å². The summed E-state index contributed by atoms with van der Waals surface area (Å²) in [6, 6.07) is 10.1. The van der Waals surface area contributed by atoms with Crippen molar-refractivity contribution in [2.24, 2.45) is 29.6 Å². The van der Waals surface area contributed by atoms with E-state index in [4.69, 9.17) is 4.74 Å². The van der Waals surface area contributed by atoms with E-state index in [2.05, 4.69) is 21.7 Å². The summed E-state index contributed by atoms with van der Waals surface area (Å²) in [5, 5.41) is 16.0. The number of pyridine rings is 1. The van der Waals surface area contributed by atoms with Crippen molar-refractivity contribution in [2.75, 3.05) is 13.2 Å². The molecule has 0 unspecified atom stereocenters. The third kappa shape index (κ3) is 5.39. The Labute approximate surface area is 216 Å². The number of amides is 2. The van der Waals surface area contributed by atoms with Crippen LogP contribution in [0.25, 0.3) is 17.2 Å². The molecule has 3 aliphatic rings. The molecular formula is C29H34FN3O4. The Hall–Kier alpha value is -3.26. The Morgan fingerprint density at radius 3 is 2.84 bits per heavy atom. The van der Waals surface area contributed by atoms with E-state index in [0.29, 0.717) is 18.4 Å². The number of carbonyl (C=O) groups is 2. The van der Waals surface area contributed by atoms with Crippen molar-refractivity contribution >= 4 is 18.1 Å². The molecule has 5 rings (SSSR count). The predicted octanol–water partition coefficient (Wildman–Crippen LogP) is 4.17. The van der Waals surface area contributed by atoms with E-state index in [1.807, 2.05) is 24.3 Å². The maximum atomic E-state index is 13.6. The summed E-state index contributed by atoms with van der Waals surface area (Å²) >= 11 is 0. The normalized spacial score (nSPS) is 30.9.